The van der Waals surface area contributed by atoms with E-state index in [9.17, 15) is 0 Å². The highest BCUT2D eigenvalue weighted by Gasteiger charge is 2.61. The Kier molecular flexibility index (Phi) is 7.06. The van der Waals surface area contributed by atoms with E-state index >= 15 is 0 Å². The van der Waals surface area contributed by atoms with Crippen molar-refractivity contribution < 1.29 is 0 Å². The van der Waals surface area contributed by atoms with E-state index in [0.29, 0.717) is 5.92 Å². The van der Waals surface area contributed by atoms with E-state index in [1.54, 1.807) is 0 Å². The van der Waals surface area contributed by atoms with Gasteiger partial charge in [0.25, 0.3) is 0 Å². The third kappa shape index (κ3) is 4.67. The summed E-state index contributed by atoms with van der Waals surface area (Å²) in [6, 6.07) is 26.5. The Bertz CT molecular complexity index is 1390. The summed E-state index contributed by atoms with van der Waals surface area (Å²) in [5, 5.41) is 3.56. The summed E-state index contributed by atoms with van der Waals surface area (Å²) in [6.07, 6.45) is 6.42. The number of fused-ring (bicyclic) bond motifs is 1. The maximum absolute atomic E-state index is 4.78. The Morgan fingerprint density at radius 1 is 1.03 bits per heavy atom. The lowest BCUT2D eigenvalue weighted by Crippen LogP contribution is -2.21. The lowest BCUT2D eigenvalue weighted by molar-refractivity contribution is 0.376. The van der Waals surface area contributed by atoms with Crippen molar-refractivity contribution in [2.75, 3.05) is 20.6 Å². The first-order valence-electron chi connectivity index (χ1n) is 12.2. The van der Waals surface area contributed by atoms with Gasteiger partial charge in [-0.3, -0.25) is 4.99 Å². The molecule has 5 rings (SSSR count). The smallest absolute Gasteiger partial charge is 0.0698 e. The lowest BCUT2D eigenvalue weighted by Gasteiger charge is -2.21. The monoisotopic (exact) mass is 542 g/mol. The van der Waals surface area contributed by atoms with Crippen LogP contribution in [-0.4, -0.2) is 31.8 Å². The van der Waals surface area contributed by atoms with Crippen LogP contribution in [-0.2, 0) is 5.41 Å². The van der Waals surface area contributed by atoms with Gasteiger partial charge in [0.1, 0.15) is 0 Å². The quantitative estimate of drug-likeness (QED) is 0.203. The predicted octanol–water partition coefficient (Wildman–Crippen LogP) is 8.85. The summed E-state index contributed by atoms with van der Waals surface area (Å²) in [5.41, 5.74) is 6.49. The number of allylic oxidation sites excluding steroid dienone is 1. The normalized spacial score (nSPS) is 20.9. The minimum Gasteiger partial charge on any atom is -0.309 e. The largest absolute Gasteiger partial charge is 0.309 e. The zero-order chi connectivity index (χ0) is 24.4. The molecule has 1 aromatic heterocycles. The van der Waals surface area contributed by atoms with Gasteiger partial charge in [-0.25, -0.2) is 0 Å². The van der Waals surface area contributed by atoms with Crippen LogP contribution in [0, 0.1) is 0 Å². The summed E-state index contributed by atoms with van der Waals surface area (Å²) in [7, 11) is 4.35. The molecular weight excluding hydrogens is 512 g/mol. The van der Waals surface area contributed by atoms with Gasteiger partial charge in [-0.05, 0) is 85.2 Å². The number of halogens is 1. The van der Waals surface area contributed by atoms with Crippen molar-refractivity contribution in [1.82, 2.24) is 4.90 Å². The van der Waals surface area contributed by atoms with E-state index in [4.69, 9.17) is 4.99 Å². The number of rotatable bonds is 8. The summed E-state index contributed by atoms with van der Waals surface area (Å²) < 4.78 is 2.49. The summed E-state index contributed by atoms with van der Waals surface area (Å²) in [4.78, 5) is 7.09. The highest BCUT2D eigenvalue weighted by atomic mass is 79.9. The van der Waals surface area contributed by atoms with Crippen LogP contribution in [0.1, 0.15) is 42.4 Å². The summed E-state index contributed by atoms with van der Waals surface area (Å²) in [6.45, 7) is 3.16. The second kappa shape index (κ2) is 10.2. The van der Waals surface area contributed by atoms with Gasteiger partial charge in [0.05, 0.1) is 5.69 Å². The molecule has 1 aliphatic carbocycles. The van der Waals surface area contributed by atoms with E-state index < -0.39 is 0 Å². The molecule has 4 aromatic rings. The Labute approximate surface area is 221 Å². The Morgan fingerprint density at radius 3 is 2.63 bits per heavy atom. The van der Waals surface area contributed by atoms with Crippen molar-refractivity contribution in [2.45, 2.75) is 31.1 Å². The van der Waals surface area contributed by atoms with E-state index in [1.165, 1.54) is 32.3 Å². The molecule has 2 unspecified atom stereocenters. The van der Waals surface area contributed by atoms with Crippen molar-refractivity contribution >= 4 is 55.3 Å². The molecule has 1 saturated carbocycles. The second-order valence-corrected chi connectivity index (χ2v) is 11.4. The minimum absolute atomic E-state index is 0.0377. The van der Waals surface area contributed by atoms with Crippen LogP contribution in [0.5, 0.6) is 0 Å². The summed E-state index contributed by atoms with van der Waals surface area (Å²) >= 11 is 5.56. The van der Waals surface area contributed by atoms with Gasteiger partial charge >= 0.3 is 0 Å². The zero-order valence-corrected chi connectivity index (χ0v) is 22.9. The molecule has 0 amide bonds. The Hall–Kier alpha value is -2.53. The van der Waals surface area contributed by atoms with Gasteiger partial charge in [0.2, 0.25) is 0 Å². The molecule has 2 nitrogen and oxygen atoms in total. The first kappa shape index (κ1) is 24.2. The van der Waals surface area contributed by atoms with Gasteiger partial charge in [-0.2, -0.15) is 0 Å². The van der Waals surface area contributed by atoms with E-state index in [0.717, 1.165) is 29.5 Å². The SMILES string of the molecule is CCC=Nc1ccc(Br)cc1/C=C1/C(c2ccccc2)C1(CCN(C)C)c1cccc2ccsc12. The van der Waals surface area contributed by atoms with Gasteiger partial charge in [0.15, 0.2) is 0 Å². The fraction of sp³-hybridized carbons (Fsp3) is 0.258. The molecule has 0 N–H and O–H groups in total. The number of nitrogens with zero attached hydrogens (tertiary/aromatic N) is 2. The summed E-state index contributed by atoms with van der Waals surface area (Å²) in [5.74, 6) is 0.346. The zero-order valence-electron chi connectivity index (χ0n) is 20.5. The first-order chi connectivity index (χ1) is 17.0. The van der Waals surface area contributed by atoms with Crippen LogP contribution in [0.25, 0.3) is 16.2 Å². The van der Waals surface area contributed by atoms with Gasteiger partial charge in [0, 0.05) is 32.3 Å². The number of hydrogen-bond donors (Lipinski definition) is 0. The molecule has 0 saturated heterocycles. The highest BCUT2D eigenvalue weighted by Crippen LogP contribution is 2.69. The molecule has 35 heavy (non-hydrogen) atoms. The number of aliphatic imine (C=N–C) groups is 1. The van der Waals surface area contributed by atoms with Crippen molar-refractivity contribution in [1.29, 1.82) is 0 Å². The molecule has 0 aliphatic heterocycles. The van der Waals surface area contributed by atoms with Gasteiger partial charge in [-0.15, -0.1) is 11.3 Å². The molecule has 1 aliphatic rings. The molecule has 4 heteroatoms. The van der Waals surface area contributed by atoms with Crippen molar-refractivity contribution in [2.24, 2.45) is 4.99 Å². The Morgan fingerprint density at radius 2 is 1.86 bits per heavy atom. The molecule has 3 aromatic carbocycles. The standard InChI is InChI=1S/C31H31BrN2S/c1-4-17-33-28-14-13-25(32)20-24(28)21-27-29(22-9-6-5-7-10-22)31(27,16-18-34(2)3)26-12-8-11-23-15-19-35-30(23)26/h5-15,17,19-21,29H,4,16,18H2,1-3H3/b27-21-,33-17?. The highest BCUT2D eigenvalue weighted by molar-refractivity contribution is 9.10. The van der Waals surface area contributed by atoms with Crippen LogP contribution >= 0.6 is 27.3 Å². The van der Waals surface area contributed by atoms with Crippen LogP contribution in [0.2, 0.25) is 0 Å². The first-order valence-corrected chi connectivity index (χ1v) is 13.9. The number of thiophene rings is 1. The molecule has 1 fully saturated rings. The topological polar surface area (TPSA) is 15.6 Å². The van der Waals surface area contributed by atoms with Crippen LogP contribution in [0.3, 0.4) is 0 Å². The lowest BCUT2D eigenvalue weighted by atomic mass is 9.86. The van der Waals surface area contributed by atoms with E-state index in [1.807, 2.05) is 17.6 Å². The number of hydrogen-bond acceptors (Lipinski definition) is 3. The van der Waals surface area contributed by atoms with Crippen LogP contribution in [0.15, 0.2) is 93.2 Å². The van der Waals surface area contributed by atoms with E-state index in [2.05, 4.69) is 126 Å². The molecule has 0 spiro atoms. The minimum atomic E-state index is -0.0377. The van der Waals surface area contributed by atoms with Crippen LogP contribution in [0.4, 0.5) is 5.69 Å². The third-order valence-corrected chi connectivity index (χ3v) is 8.45. The third-order valence-electron chi connectivity index (χ3n) is 6.99. The molecule has 2 atom stereocenters. The van der Waals surface area contributed by atoms with Gasteiger partial charge < -0.3 is 4.90 Å². The van der Waals surface area contributed by atoms with Crippen molar-refractivity contribution in [3.05, 3.63) is 105 Å². The predicted molar refractivity (Wildman–Crippen MR) is 156 cm³/mol. The fourth-order valence-electron chi connectivity index (χ4n) is 5.32. The van der Waals surface area contributed by atoms with Crippen molar-refractivity contribution in [3.63, 3.8) is 0 Å². The average Bonchev–Trinajstić information content (AvgIpc) is 3.22. The maximum Gasteiger partial charge on any atom is 0.0698 e. The molecule has 1 heterocycles. The fourth-order valence-corrected chi connectivity index (χ4v) is 6.69. The van der Waals surface area contributed by atoms with Crippen molar-refractivity contribution in [3.8, 4) is 0 Å². The Balaban J connectivity index is 1.74. The molecule has 0 bridgehead atoms. The average molecular weight is 544 g/mol. The molecular formula is C31H31BrN2S. The van der Waals surface area contributed by atoms with Gasteiger partial charge in [-0.1, -0.05) is 77.5 Å². The molecule has 178 valence electrons. The second-order valence-electron chi connectivity index (χ2n) is 9.54. The van der Waals surface area contributed by atoms with E-state index in [-0.39, 0.29) is 5.41 Å². The number of benzene rings is 3. The maximum atomic E-state index is 4.78. The molecule has 0 radical (unpaired) electrons. The van der Waals surface area contributed by atoms with Crippen LogP contribution < -0.4 is 0 Å².